The Hall–Kier alpha value is -2.70. The topological polar surface area (TPSA) is 79.5 Å². The van der Waals surface area contributed by atoms with E-state index in [0.29, 0.717) is 19.1 Å². The zero-order valence-corrected chi connectivity index (χ0v) is 15.1. The number of aromatic nitrogens is 2. The van der Waals surface area contributed by atoms with Crippen molar-refractivity contribution in [2.75, 3.05) is 33.4 Å². The van der Waals surface area contributed by atoms with Crippen molar-refractivity contribution in [3.05, 3.63) is 42.2 Å². The van der Waals surface area contributed by atoms with Gasteiger partial charge in [0.15, 0.2) is 0 Å². The van der Waals surface area contributed by atoms with Gasteiger partial charge in [-0.15, -0.1) is 0 Å². The van der Waals surface area contributed by atoms with Gasteiger partial charge in [-0.1, -0.05) is 0 Å². The first kappa shape index (κ1) is 18.1. The van der Waals surface area contributed by atoms with Crippen LogP contribution in [0.2, 0.25) is 0 Å². The van der Waals surface area contributed by atoms with E-state index in [-0.39, 0.29) is 6.03 Å². The molecule has 2 N–H and O–H groups in total. The fraction of sp³-hybridized carbons (Fsp3) is 0.474. The lowest BCUT2D eigenvalue weighted by atomic mass is 9.98. The molecule has 3 rings (SSSR count). The highest BCUT2D eigenvalue weighted by Gasteiger charge is 2.23. The van der Waals surface area contributed by atoms with Crippen LogP contribution in [0.1, 0.15) is 18.4 Å². The summed E-state index contributed by atoms with van der Waals surface area (Å²) in [4.78, 5) is 14.1. The molecule has 7 heteroatoms. The van der Waals surface area contributed by atoms with Crippen LogP contribution in [0.25, 0.3) is 0 Å². The number of benzene rings is 1. The zero-order chi connectivity index (χ0) is 18.2. The summed E-state index contributed by atoms with van der Waals surface area (Å²) in [6, 6.07) is 7.64. The van der Waals surface area contributed by atoms with Crippen molar-refractivity contribution >= 4 is 6.03 Å². The van der Waals surface area contributed by atoms with E-state index in [1.54, 1.807) is 13.3 Å². The van der Waals surface area contributed by atoms with Gasteiger partial charge in [0.2, 0.25) is 0 Å². The molecule has 26 heavy (non-hydrogen) atoms. The molecule has 7 nitrogen and oxygen atoms in total. The van der Waals surface area contributed by atoms with E-state index in [4.69, 9.17) is 9.47 Å². The highest BCUT2D eigenvalue weighted by Crippen LogP contribution is 2.21. The zero-order valence-electron chi connectivity index (χ0n) is 15.1. The minimum absolute atomic E-state index is 0.0167. The van der Waals surface area contributed by atoms with Crippen LogP contribution in [0.5, 0.6) is 11.5 Å². The lowest BCUT2D eigenvalue weighted by Crippen LogP contribution is -2.45. The second-order valence-electron chi connectivity index (χ2n) is 6.51. The normalized spacial score (nSPS) is 14.9. The molecule has 0 bridgehead atoms. The SMILES string of the molecule is COc1ccc(OCC2CCN(C(=O)NCCc3cn[nH]c3)CC2)cc1. The van der Waals surface area contributed by atoms with Gasteiger partial charge in [0.1, 0.15) is 11.5 Å². The van der Waals surface area contributed by atoms with Crippen molar-refractivity contribution in [2.45, 2.75) is 19.3 Å². The summed E-state index contributed by atoms with van der Waals surface area (Å²) in [6.45, 7) is 2.85. The molecule has 0 aliphatic carbocycles. The number of carbonyl (C=O) groups is 1. The standard InChI is InChI=1S/C19H26N4O3/c1-25-17-2-4-18(5-3-17)26-14-15-7-10-23(11-8-15)19(24)20-9-6-16-12-21-22-13-16/h2-5,12-13,15H,6-11,14H2,1H3,(H,20,24)(H,21,22). The predicted octanol–water partition coefficient (Wildman–Crippen LogP) is 2.46. The lowest BCUT2D eigenvalue weighted by molar-refractivity contribution is 0.145. The molecule has 0 unspecified atom stereocenters. The monoisotopic (exact) mass is 358 g/mol. The van der Waals surface area contributed by atoms with Crippen LogP contribution in [-0.4, -0.2) is 54.5 Å². The first-order chi connectivity index (χ1) is 12.7. The second-order valence-corrected chi connectivity index (χ2v) is 6.51. The van der Waals surface area contributed by atoms with Crippen molar-refractivity contribution in [1.82, 2.24) is 20.4 Å². The Bertz CT molecular complexity index is 665. The third-order valence-electron chi connectivity index (χ3n) is 4.69. The molecule has 1 saturated heterocycles. The summed E-state index contributed by atoms with van der Waals surface area (Å²) in [5.74, 6) is 2.15. The van der Waals surface area contributed by atoms with Gasteiger partial charge in [0, 0.05) is 25.8 Å². The number of H-pyrrole nitrogens is 1. The number of likely N-dealkylation sites (tertiary alicyclic amines) is 1. The number of piperidine rings is 1. The number of methoxy groups -OCH3 is 1. The molecular formula is C19H26N4O3. The third kappa shape index (κ3) is 5.15. The molecule has 2 heterocycles. The summed E-state index contributed by atoms with van der Waals surface area (Å²) in [6.07, 6.45) is 6.34. The van der Waals surface area contributed by atoms with Crippen LogP contribution < -0.4 is 14.8 Å². The minimum atomic E-state index is 0.0167. The number of amides is 2. The van der Waals surface area contributed by atoms with Gasteiger partial charge < -0.3 is 19.7 Å². The maximum Gasteiger partial charge on any atom is 0.317 e. The number of nitrogens with zero attached hydrogens (tertiary/aromatic N) is 2. The fourth-order valence-corrected chi connectivity index (χ4v) is 3.03. The molecule has 1 aliphatic heterocycles. The molecule has 1 fully saturated rings. The van der Waals surface area contributed by atoms with Gasteiger partial charge in [-0.25, -0.2) is 4.79 Å². The summed E-state index contributed by atoms with van der Waals surface area (Å²) in [5, 5.41) is 9.65. The maximum atomic E-state index is 12.2. The highest BCUT2D eigenvalue weighted by molar-refractivity contribution is 5.74. The predicted molar refractivity (Wildman–Crippen MR) is 98.5 cm³/mol. The Kier molecular flexibility index (Phi) is 6.35. The number of nitrogens with one attached hydrogen (secondary N) is 2. The van der Waals surface area contributed by atoms with E-state index in [0.717, 1.165) is 49.4 Å². The largest absolute Gasteiger partial charge is 0.497 e. The van der Waals surface area contributed by atoms with Crippen molar-refractivity contribution in [3.8, 4) is 11.5 Å². The average molecular weight is 358 g/mol. The number of ether oxygens (including phenoxy) is 2. The molecule has 1 aliphatic rings. The first-order valence-electron chi connectivity index (χ1n) is 9.02. The first-order valence-corrected chi connectivity index (χ1v) is 9.02. The van der Waals surface area contributed by atoms with Gasteiger partial charge in [-0.05, 0) is 55.0 Å². The van der Waals surface area contributed by atoms with Gasteiger partial charge in [-0.3, -0.25) is 5.10 Å². The number of hydrogen-bond acceptors (Lipinski definition) is 4. The van der Waals surface area contributed by atoms with E-state index >= 15 is 0 Å². The summed E-state index contributed by atoms with van der Waals surface area (Å²) in [7, 11) is 1.65. The molecule has 0 spiro atoms. The minimum Gasteiger partial charge on any atom is -0.497 e. The Balaban J connectivity index is 1.33. The Morgan fingerprint density at radius 2 is 2.00 bits per heavy atom. The van der Waals surface area contributed by atoms with Crippen LogP contribution in [0.3, 0.4) is 0 Å². The molecular weight excluding hydrogens is 332 g/mol. The van der Waals surface area contributed by atoms with E-state index in [1.165, 1.54) is 0 Å². The summed E-state index contributed by atoms with van der Waals surface area (Å²) < 4.78 is 11.0. The number of carbonyl (C=O) groups excluding carboxylic acids is 1. The fourth-order valence-electron chi connectivity index (χ4n) is 3.03. The molecule has 0 saturated carbocycles. The van der Waals surface area contributed by atoms with E-state index in [2.05, 4.69) is 15.5 Å². The number of rotatable bonds is 7. The Labute approximate surface area is 153 Å². The number of aromatic amines is 1. The number of hydrogen-bond donors (Lipinski definition) is 2. The van der Waals surface area contributed by atoms with Crippen molar-refractivity contribution < 1.29 is 14.3 Å². The van der Waals surface area contributed by atoms with Gasteiger partial charge in [0.25, 0.3) is 0 Å². The summed E-state index contributed by atoms with van der Waals surface area (Å²) >= 11 is 0. The second kappa shape index (κ2) is 9.12. The van der Waals surface area contributed by atoms with Crippen molar-refractivity contribution in [1.29, 1.82) is 0 Å². The third-order valence-corrected chi connectivity index (χ3v) is 4.69. The van der Waals surface area contributed by atoms with E-state index in [1.807, 2.05) is 35.4 Å². The van der Waals surface area contributed by atoms with Crippen molar-refractivity contribution in [3.63, 3.8) is 0 Å². The Morgan fingerprint density at radius 3 is 2.65 bits per heavy atom. The smallest absolute Gasteiger partial charge is 0.317 e. The van der Waals surface area contributed by atoms with Gasteiger partial charge >= 0.3 is 6.03 Å². The van der Waals surface area contributed by atoms with E-state index in [9.17, 15) is 4.79 Å². The maximum absolute atomic E-state index is 12.2. The van der Waals surface area contributed by atoms with E-state index < -0.39 is 0 Å². The molecule has 0 radical (unpaired) electrons. The summed E-state index contributed by atoms with van der Waals surface area (Å²) in [5.41, 5.74) is 1.10. The quantitative estimate of drug-likeness (QED) is 0.797. The highest BCUT2D eigenvalue weighted by atomic mass is 16.5. The molecule has 140 valence electrons. The number of urea groups is 1. The molecule has 1 aromatic carbocycles. The average Bonchev–Trinajstić information content (AvgIpc) is 3.20. The molecule has 2 amide bonds. The van der Waals surface area contributed by atoms with Crippen LogP contribution >= 0.6 is 0 Å². The lowest BCUT2D eigenvalue weighted by Gasteiger charge is -2.31. The molecule has 0 atom stereocenters. The van der Waals surface area contributed by atoms with Crippen LogP contribution in [0.15, 0.2) is 36.7 Å². The van der Waals surface area contributed by atoms with Gasteiger partial charge in [-0.2, -0.15) is 5.10 Å². The molecule has 2 aromatic rings. The van der Waals surface area contributed by atoms with Gasteiger partial charge in [0.05, 0.1) is 19.9 Å². The van der Waals surface area contributed by atoms with Crippen LogP contribution in [0, 0.1) is 5.92 Å². The van der Waals surface area contributed by atoms with Crippen molar-refractivity contribution in [2.24, 2.45) is 5.92 Å². The van der Waals surface area contributed by atoms with Crippen LogP contribution in [-0.2, 0) is 6.42 Å². The Morgan fingerprint density at radius 1 is 1.27 bits per heavy atom. The molecule has 1 aromatic heterocycles. The van der Waals surface area contributed by atoms with Crippen LogP contribution in [0.4, 0.5) is 4.79 Å².